The van der Waals surface area contributed by atoms with Gasteiger partial charge in [-0.2, -0.15) is 5.43 Å². The third-order valence-electron chi connectivity index (χ3n) is 4.80. The molecule has 2 aromatic heterocycles. The van der Waals surface area contributed by atoms with E-state index in [1.54, 1.807) is 6.08 Å². The zero-order chi connectivity index (χ0) is 22.3. The zero-order valence-electron chi connectivity index (χ0n) is 16.0. The Morgan fingerprint density at radius 1 is 1.23 bits per heavy atom. The van der Waals surface area contributed by atoms with E-state index in [2.05, 4.69) is 21.4 Å². The summed E-state index contributed by atoms with van der Waals surface area (Å²) in [4.78, 5) is 26.8. The number of allylic oxidation sites excluding steroid dienone is 2. The number of nitrogens with zero attached hydrogens (tertiary/aromatic N) is 2. The van der Waals surface area contributed by atoms with Gasteiger partial charge in [-0.3, -0.25) is 9.36 Å². The van der Waals surface area contributed by atoms with Gasteiger partial charge < -0.3 is 9.84 Å². The van der Waals surface area contributed by atoms with Crippen molar-refractivity contribution in [2.45, 2.75) is 13.2 Å². The number of methoxy groups -OCH3 is 1. The van der Waals surface area contributed by atoms with E-state index in [-0.39, 0.29) is 27.2 Å². The second-order valence-electron chi connectivity index (χ2n) is 6.52. The number of hydrogen-bond acceptors (Lipinski definition) is 6. The van der Waals surface area contributed by atoms with E-state index >= 15 is 0 Å². The maximum Gasteiger partial charge on any atom is 0.338 e. The van der Waals surface area contributed by atoms with Gasteiger partial charge in [0.2, 0.25) is 0 Å². The predicted molar refractivity (Wildman–Crippen MR) is 114 cm³/mol. The van der Waals surface area contributed by atoms with Gasteiger partial charge >= 0.3 is 11.6 Å². The van der Waals surface area contributed by atoms with Crippen LogP contribution in [-0.4, -0.2) is 21.4 Å². The quantitative estimate of drug-likeness (QED) is 0.444. The summed E-state index contributed by atoms with van der Waals surface area (Å²) in [6.07, 6.45) is 3.03. The van der Waals surface area contributed by atoms with Crippen molar-refractivity contribution >= 4 is 43.3 Å². The van der Waals surface area contributed by atoms with Crippen LogP contribution in [-0.2, 0) is 17.9 Å². The summed E-state index contributed by atoms with van der Waals surface area (Å²) in [5, 5.41) is 9.88. The number of nitrogens with one attached hydrogen (secondary N) is 1. The van der Waals surface area contributed by atoms with E-state index in [0.29, 0.717) is 9.67 Å². The van der Waals surface area contributed by atoms with Gasteiger partial charge in [-0.25, -0.2) is 23.6 Å². The first-order valence-electron chi connectivity index (χ1n) is 8.94. The first kappa shape index (κ1) is 21.4. The Kier molecular flexibility index (Phi) is 5.79. The average Bonchev–Trinajstić information content (AvgIpc) is 3.09. The number of halogens is 3. The molecule has 12 heteroatoms. The topological polar surface area (TPSA) is 102 Å². The van der Waals surface area contributed by atoms with Gasteiger partial charge in [-0.05, 0) is 34.1 Å². The number of rotatable bonds is 5. The van der Waals surface area contributed by atoms with Gasteiger partial charge in [-0.1, -0.05) is 6.07 Å². The summed E-state index contributed by atoms with van der Waals surface area (Å²) in [6, 6.07) is 3.42. The molecule has 8 nitrogen and oxygen atoms in total. The standard InChI is InChI=1S/C19H15BrF2N4O4S/c1-30-14-6-5-13(23-24-14)26-17(28)15-10(8-27)16(20)31-18(15)25(19(26)29)7-9-11(21)3-2-4-12(9)22/h2-6,23-24,27H,7-8H2,1H3/p+1. The van der Waals surface area contributed by atoms with Crippen LogP contribution in [0.2, 0.25) is 0 Å². The van der Waals surface area contributed by atoms with E-state index in [1.807, 2.05) is 0 Å². The molecule has 0 spiro atoms. The van der Waals surface area contributed by atoms with E-state index in [9.17, 15) is 23.5 Å². The number of nitrogens with two attached hydrogens (primary N) is 1. The summed E-state index contributed by atoms with van der Waals surface area (Å²) in [6.45, 7) is -0.906. The molecule has 0 unspecified atom stereocenters. The second-order valence-corrected chi connectivity index (χ2v) is 8.83. The van der Waals surface area contributed by atoms with E-state index in [1.165, 1.54) is 24.7 Å². The van der Waals surface area contributed by atoms with Gasteiger partial charge in [0.25, 0.3) is 5.56 Å². The minimum absolute atomic E-state index is 0.0833. The zero-order valence-corrected chi connectivity index (χ0v) is 18.4. The van der Waals surface area contributed by atoms with Crippen molar-refractivity contribution in [3.05, 3.63) is 83.6 Å². The van der Waals surface area contributed by atoms with Crippen LogP contribution < -0.4 is 22.1 Å². The molecule has 0 bridgehead atoms. The molecule has 0 saturated heterocycles. The summed E-state index contributed by atoms with van der Waals surface area (Å²) >= 11 is 4.33. The van der Waals surface area contributed by atoms with Crippen molar-refractivity contribution < 1.29 is 24.1 Å². The van der Waals surface area contributed by atoms with Gasteiger partial charge in [0.05, 0.1) is 29.4 Å². The molecule has 31 heavy (non-hydrogen) atoms. The molecule has 1 aliphatic heterocycles. The Hall–Kier alpha value is -2.80. The van der Waals surface area contributed by atoms with Gasteiger partial charge in [0.15, 0.2) is 5.82 Å². The lowest BCUT2D eigenvalue weighted by Gasteiger charge is -2.17. The molecule has 4 rings (SSSR count). The number of ether oxygens (including phenoxy) is 1. The van der Waals surface area contributed by atoms with Gasteiger partial charge in [0.1, 0.15) is 16.5 Å². The number of fused-ring (bicyclic) bond motifs is 1. The lowest BCUT2D eigenvalue weighted by molar-refractivity contribution is -0.677. The lowest BCUT2D eigenvalue weighted by atomic mass is 10.2. The monoisotopic (exact) mass is 513 g/mol. The molecular weight excluding hydrogens is 498 g/mol. The third kappa shape index (κ3) is 3.61. The SMILES string of the molecule is COC1=CC=C(n2c(=O)c3c(CO)c(Br)sc3n(Cc3c(F)cccc3F)c2=O)N[NH2+]1. The molecule has 0 atom stereocenters. The van der Waals surface area contributed by atoms with E-state index < -0.39 is 36.0 Å². The van der Waals surface area contributed by atoms with Gasteiger partial charge in [-0.15, -0.1) is 11.3 Å². The molecule has 3 heterocycles. The van der Waals surface area contributed by atoms with Crippen LogP contribution in [0, 0.1) is 11.6 Å². The smallest absolute Gasteiger partial charge is 0.338 e. The summed E-state index contributed by atoms with van der Waals surface area (Å²) in [5.74, 6) is -1.02. The van der Waals surface area contributed by atoms with Crippen LogP contribution in [0.25, 0.3) is 16.0 Å². The van der Waals surface area contributed by atoms with Crippen LogP contribution in [0.3, 0.4) is 0 Å². The Morgan fingerprint density at radius 2 is 1.94 bits per heavy atom. The van der Waals surface area contributed by atoms with Crippen LogP contribution in [0.5, 0.6) is 0 Å². The number of hydrogen-bond donors (Lipinski definition) is 3. The fourth-order valence-corrected chi connectivity index (χ4v) is 5.05. The molecule has 4 N–H and O–H groups in total. The van der Waals surface area contributed by atoms with Crippen molar-refractivity contribution in [3.63, 3.8) is 0 Å². The highest BCUT2D eigenvalue weighted by Crippen LogP contribution is 2.33. The Morgan fingerprint density at radius 3 is 2.52 bits per heavy atom. The number of benzene rings is 1. The predicted octanol–water partition coefficient (Wildman–Crippen LogP) is 1.17. The second kappa shape index (κ2) is 8.38. The van der Waals surface area contributed by atoms with Crippen molar-refractivity contribution in [2.24, 2.45) is 0 Å². The normalized spacial score (nSPS) is 13.7. The Labute approximate surface area is 185 Å². The molecule has 162 valence electrons. The van der Waals surface area contributed by atoms with Crippen molar-refractivity contribution in [2.75, 3.05) is 7.11 Å². The van der Waals surface area contributed by atoms with Crippen molar-refractivity contribution in [1.82, 2.24) is 14.6 Å². The molecule has 0 aliphatic carbocycles. The highest BCUT2D eigenvalue weighted by molar-refractivity contribution is 9.11. The van der Waals surface area contributed by atoms with Crippen LogP contribution in [0.1, 0.15) is 11.1 Å². The Balaban J connectivity index is 2.04. The minimum Gasteiger partial charge on any atom is -0.454 e. The molecule has 1 aromatic carbocycles. The molecule has 0 saturated carbocycles. The number of aliphatic hydroxyl groups is 1. The molecule has 0 amide bonds. The number of thiophene rings is 1. The minimum atomic E-state index is -0.813. The molecule has 3 aromatic rings. The Bertz CT molecular complexity index is 1360. The molecular formula is C19H16BrF2N4O4S+. The van der Waals surface area contributed by atoms with Crippen molar-refractivity contribution in [1.29, 1.82) is 0 Å². The van der Waals surface area contributed by atoms with E-state index in [4.69, 9.17) is 4.74 Å². The lowest BCUT2D eigenvalue weighted by Crippen LogP contribution is -2.92. The maximum absolute atomic E-state index is 14.3. The largest absolute Gasteiger partial charge is 0.454 e. The third-order valence-corrected chi connectivity index (χ3v) is 6.81. The average molecular weight is 514 g/mol. The number of aromatic nitrogens is 2. The maximum atomic E-state index is 14.3. The fourth-order valence-electron chi connectivity index (χ4n) is 3.24. The van der Waals surface area contributed by atoms with Crippen LogP contribution in [0.15, 0.2) is 49.6 Å². The van der Waals surface area contributed by atoms with Gasteiger partial charge in [0, 0.05) is 17.2 Å². The number of aliphatic hydroxyl groups excluding tert-OH is 1. The van der Waals surface area contributed by atoms with Crippen molar-refractivity contribution in [3.8, 4) is 0 Å². The molecule has 1 aliphatic rings. The van der Waals surface area contributed by atoms with Crippen LogP contribution in [0.4, 0.5) is 8.78 Å². The summed E-state index contributed by atoms with van der Waals surface area (Å²) < 4.78 is 36.1. The van der Waals surface area contributed by atoms with Crippen LogP contribution >= 0.6 is 27.3 Å². The first-order valence-corrected chi connectivity index (χ1v) is 10.5. The van der Waals surface area contributed by atoms with E-state index in [0.717, 1.165) is 32.6 Å². The molecule has 0 radical (unpaired) electrons. The highest BCUT2D eigenvalue weighted by Gasteiger charge is 2.25. The highest BCUT2D eigenvalue weighted by atomic mass is 79.9. The summed E-state index contributed by atoms with van der Waals surface area (Å²) in [5.41, 5.74) is 2.79. The molecule has 0 fully saturated rings. The summed E-state index contributed by atoms with van der Waals surface area (Å²) in [7, 11) is 1.47. The first-order chi connectivity index (χ1) is 14.9. The fraction of sp³-hybridized carbons (Fsp3) is 0.158. The number of quaternary nitrogens is 1.